The molecule has 0 radical (unpaired) electrons. The number of fused-ring (bicyclic) bond motifs is 4. The number of methoxy groups -OCH3 is 2. The topological polar surface area (TPSA) is 119 Å². The van der Waals surface area contributed by atoms with Gasteiger partial charge in [0.25, 0.3) is 5.91 Å². The van der Waals surface area contributed by atoms with Gasteiger partial charge in [0.05, 0.1) is 35.3 Å². The maximum absolute atomic E-state index is 14.5. The molecule has 1 unspecified atom stereocenters. The largest absolute Gasteiger partial charge is 0.490 e. The van der Waals surface area contributed by atoms with Gasteiger partial charge in [0, 0.05) is 43.3 Å². The molecule has 274 valence electrons. The summed E-state index contributed by atoms with van der Waals surface area (Å²) >= 11 is 6.46. The molecule has 10 nitrogen and oxygen atoms in total. The van der Waals surface area contributed by atoms with Crippen molar-refractivity contribution in [3.05, 3.63) is 70.3 Å². The lowest BCUT2D eigenvalue weighted by Crippen LogP contribution is -2.80. The number of rotatable bonds is 4. The highest BCUT2D eigenvalue weighted by Crippen LogP contribution is 2.62. The summed E-state index contributed by atoms with van der Waals surface area (Å²) in [5.41, 5.74) is 2.92. The molecule has 7 aliphatic rings. The molecule has 12 heteroatoms. The molecule has 4 saturated carbocycles. The predicted octanol–water partition coefficient (Wildman–Crippen LogP) is 6.59. The third kappa shape index (κ3) is 6.46. The summed E-state index contributed by atoms with van der Waals surface area (Å²) in [5.74, 6) is 0.732. The number of hydrogen-bond acceptors (Lipinski definition) is 7. The van der Waals surface area contributed by atoms with Gasteiger partial charge in [-0.25, -0.2) is 9.00 Å². The fourth-order valence-corrected chi connectivity index (χ4v) is 11.8. The standard InChI is InChI=1S/C39H49ClN4O6S/c1-25-6-4-8-33(48-2)30-12-9-28(30)18-44-23-37(15-5-7-26-16-29(40)11-13-31(26)37)24-50-34-14-10-27(17-32(34)44)35(45)42-51(47,19-25)43-36(46)41-38-20-39(21-38,22-38)49-3/h4,8,10-11,13-14,16-17,25,28,30,33H,5-7,9,12,15,18-24H2,1-3H3,(H2,41,42,43,45,46,47)/b8-4+/t25-,28-,30+,33-,37-,38?,39?,51?/m0/s1. The number of amides is 3. The third-order valence-corrected chi connectivity index (χ3v) is 14.8. The molecule has 5 aliphatic carbocycles. The molecule has 3 amide bonds. The van der Waals surface area contributed by atoms with Gasteiger partial charge in [-0.1, -0.05) is 36.7 Å². The van der Waals surface area contributed by atoms with Crippen molar-refractivity contribution in [3.63, 3.8) is 0 Å². The van der Waals surface area contributed by atoms with E-state index in [1.807, 2.05) is 25.1 Å². The van der Waals surface area contributed by atoms with E-state index in [2.05, 4.69) is 43.6 Å². The first-order chi connectivity index (χ1) is 24.4. The molecular weight excluding hydrogens is 688 g/mol. The molecule has 4 bridgehead atoms. The van der Waals surface area contributed by atoms with Gasteiger partial charge in [-0.3, -0.25) is 9.52 Å². The molecule has 2 aliphatic heterocycles. The lowest BCUT2D eigenvalue weighted by molar-refractivity contribution is -0.233. The number of hydrogen-bond donors (Lipinski definition) is 2. The molecule has 0 aromatic heterocycles. The minimum Gasteiger partial charge on any atom is -0.490 e. The van der Waals surface area contributed by atoms with Crippen molar-refractivity contribution in [1.82, 2.24) is 10.0 Å². The fourth-order valence-electron chi connectivity index (χ4n) is 9.82. The Hall–Kier alpha value is -3.12. The summed E-state index contributed by atoms with van der Waals surface area (Å²) in [6.07, 6.45) is 12.1. The Morgan fingerprint density at radius 3 is 2.71 bits per heavy atom. The molecule has 2 aromatic carbocycles. The Kier molecular flexibility index (Phi) is 8.96. The Balaban J connectivity index is 1.15. The summed E-state index contributed by atoms with van der Waals surface area (Å²) in [6, 6.07) is 11.1. The van der Waals surface area contributed by atoms with E-state index in [9.17, 15) is 13.8 Å². The monoisotopic (exact) mass is 736 g/mol. The molecule has 6 atom stereocenters. The average molecular weight is 737 g/mol. The van der Waals surface area contributed by atoms with Crippen LogP contribution >= 0.6 is 11.6 Å². The Morgan fingerprint density at radius 1 is 1.14 bits per heavy atom. The van der Waals surface area contributed by atoms with Crippen LogP contribution < -0.4 is 19.7 Å². The van der Waals surface area contributed by atoms with Crippen LogP contribution in [0, 0.1) is 17.8 Å². The fraction of sp³-hybridized carbons (Fsp3) is 0.590. The molecule has 2 aromatic rings. The quantitative estimate of drug-likeness (QED) is 0.340. The van der Waals surface area contributed by atoms with Crippen molar-refractivity contribution in [2.75, 3.05) is 44.6 Å². The van der Waals surface area contributed by atoms with Crippen LogP contribution in [0.2, 0.25) is 5.02 Å². The molecular formula is C39H49ClN4O6S. The molecule has 2 N–H and O–H groups in total. The van der Waals surface area contributed by atoms with Crippen LogP contribution in [0.15, 0.2) is 52.9 Å². The van der Waals surface area contributed by atoms with E-state index in [4.69, 9.17) is 25.8 Å². The van der Waals surface area contributed by atoms with E-state index >= 15 is 0 Å². The SMILES string of the molecule is CO[C@H]1/C=C/C[C@H](C)CS(=O)(NC(=O)NC23CC(OC)(C2)C3)=NC(=O)c2ccc3c(c2)N(C[C@@H]2CC[C@H]21)C[C@@]1(CCCc2cc(Cl)ccc21)CO3. The maximum Gasteiger partial charge on any atom is 0.327 e. The number of nitrogens with one attached hydrogen (secondary N) is 2. The molecule has 4 fully saturated rings. The van der Waals surface area contributed by atoms with Gasteiger partial charge >= 0.3 is 6.03 Å². The summed E-state index contributed by atoms with van der Waals surface area (Å²) in [7, 11) is -0.0302. The van der Waals surface area contributed by atoms with Gasteiger partial charge < -0.3 is 24.4 Å². The van der Waals surface area contributed by atoms with Crippen LogP contribution in [0.5, 0.6) is 5.75 Å². The highest BCUT2D eigenvalue weighted by atomic mass is 35.5. The summed E-state index contributed by atoms with van der Waals surface area (Å²) in [5, 5.41) is 3.75. The number of benzene rings is 2. The van der Waals surface area contributed by atoms with E-state index in [0.29, 0.717) is 36.2 Å². The number of carbonyl (C=O) groups is 2. The molecule has 2 heterocycles. The van der Waals surface area contributed by atoms with Crippen molar-refractivity contribution < 1.29 is 28.0 Å². The number of allylic oxidation sites excluding steroid dienone is 1. The first kappa shape index (κ1) is 34.9. The second kappa shape index (κ2) is 13.1. The van der Waals surface area contributed by atoms with Gasteiger partial charge in [-0.05, 0) is 117 Å². The third-order valence-electron chi connectivity index (χ3n) is 12.6. The second-order valence-corrected chi connectivity index (χ2v) is 18.7. The van der Waals surface area contributed by atoms with Crippen LogP contribution in [0.3, 0.4) is 0 Å². The van der Waals surface area contributed by atoms with Crippen LogP contribution in [0.1, 0.15) is 79.8 Å². The molecule has 1 spiro atoms. The number of halogens is 1. The van der Waals surface area contributed by atoms with E-state index in [0.717, 1.165) is 75.2 Å². The van der Waals surface area contributed by atoms with Crippen molar-refractivity contribution >= 4 is 39.1 Å². The number of urea groups is 1. The number of ether oxygens (including phenoxy) is 3. The minimum atomic E-state index is -3.49. The lowest BCUT2D eigenvalue weighted by atomic mass is 9.46. The average Bonchev–Trinajstić information content (AvgIpc) is 3.19. The van der Waals surface area contributed by atoms with Crippen LogP contribution in [-0.2, 0) is 31.2 Å². The zero-order valence-electron chi connectivity index (χ0n) is 29.8. The van der Waals surface area contributed by atoms with Crippen LogP contribution in [-0.4, -0.2) is 73.1 Å². The van der Waals surface area contributed by atoms with Crippen molar-refractivity contribution in [2.45, 2.75) is 87.4 Å². The van der Waals surface area contributed by atoms with Gasteiger partial charge in [0.2, 0.25) is 0 Å². The lowest BCUT2D eigenvalue weighted by Gasteiger charge is -2.69. The summed E-state index contributed by atoms with van der Waals surface area (Å²) in [6.45, 7) is 3.99. The number of nitrogens with zero attached hydrogens (tertiary/aromatic N) is 2. The number of aryl methyl sites for hydroxylation is 1. The predicted molar refractivity (Wildman–Crippen MR) is 198 cm³/mol. The van der Waals surface area contributed by atoms with Gasteiger partial charge in [-0.2, -0.15) is 0 Å². The second-order valence-electron chi connectivity index (χ2n) is 16.2. The molecule has 0 saturated heterocycles. The van der Waals surface area contributed by atoms with Crippen molar-refractivity contribution in [2.24, 2.45) is 22.1 Å². The Bertz CT molecular complexity index is 1870. The van der Waals surface area contributed by atoms with Gasteiger partial charge in [-0.15, -0.1) is 4.36 Å². The minimum absolute atomic E-state index is 0.0291. The van der Waals surface area contributed by atoms with E-state index in [1.54, 1.807) is 20.3 Å². The van der Waals surface area contributed by atoms with Crippen LogP contribution in [0.25, 0.3) is 0 Å². The first-order valence-electron chi connectivity index (χ1n) is 18.4. The van der Waals surface area contributed by atoms with Crippen molar-refractivity contribution in [3.8, 4) is 5.75 Å². The Labute approximate surface area is 306 Å². The normalized spacial score (nSPS) is 37.5. The van der Waals surface area contributed by atoms with Gasteiger partial charge in [0.15, 0.2) is 0 Å². The van der Waals surface area contributed by atoms with E-state index in [1.165, 1.54) is 11.1 Å². The van der Waals surface area contributed by atoms with Gasteiger partial charge in [0.1, 0.15) is 15.7 Å². The molecule has 51 heavy (non-hydrogen) atoms. The highest BCUT2D eigenvalue weighted by Gasteiger charge is 2.69. The van der Waals surface area contributed by atoms with Crippen molar-refractivity contribution in [1.29, 1.82) is 0 Å². The smallest absolute Gasteiger partial charge is 0.327 e. The Morgan fingerprint density at radius 2 is 1.96 bits per heavy atom. The van der Waals surface area contributed by atoms with E-state index in [-0.39, 0.29) is 34.3 Å². The zero-order chi connectivity index (χ0) is 35.6. The molecule has 9 rings (SSSR count). The summed E-state index contributed by atoms with van der Waals surface area (Å²) < 4.78 is 39.8. The zero-order valence-corrected chi connectivity index (χ0v) is 31.3. The highest BCUT2D eigenvalue weighted by molar-refractivity contribution is 7.92. The van der Waals surface area contributed by atoms with Crippen LogP contribution in [0.4, 0.5) is 10.5 Å². The number of anilines is 1. The summed E-state index contributed by atoms with van der Waals surface area (Å²) in [4.78, 5) is 29.7. The maximum atomic E-state index is 14.5. The first-order valence-corrected chi connectivity index (χ1v) is 20.5. The number of carbonyl (C=O) groups excluding carboxylic acids is 2. The van der Waals surface area contributed by atoms with E-state index < -0.39 is 21.9 Å².